The molecule has 142 valence electrons. The first-order chi connectivity index (χ1) is 13.3. The summed E-state index contributed by atoms with van der Waals surface area (Å²) in [5, 5.41) is 3.36. The number of nitrogens with zero attached hydrogens (tertiary/aromatic N) is 4. The fraction of sp³-hybridized carbons (Fsp3) is 0.450. The van der Waals surface area contributed by atoms with Crippen LogP contribution in [0.1, 0.15) is 25.7 Å². The maximum absolute atomic E-state index is 12.2. The van der Waals surface area contributed by atoms with Gasteiger partial charge in [0.2, 0.25) is 0 Å². The second-order valence-corrected chi connectivity index (χ2v) is 6.89. The highest BCUT2D eigenvalue weighted by Crippen LogP contribution is 2.31. The standard InChI is InChI=1S/C20H25N5O2/c26-20-14-27-17-8-3-2-7-16(17)25(20)12-6-9-21-18-13-19(23-15-22-18)24-10-4-1-5-11-24/h2-3,7-8,13,15H,1,4-6,9-12,14H2,(H,21,22,23). The quantitative estimate of drug-likeness (QED) is 0.792. The van der Waals surface area contributed by atoms with E-state index < -0.39 is 0 Å². The molecule has 0 bridgehead atoms. The molecule has 2 aliphatic heterocycles. The Morgan fingerprint density at radius 3 is 2.85 bits per heavy atom. The second kappa shape index (κ2) is 8.24. The first kappa shape index (κ1) is 17.6. The van der Waals surface area contributed by atoms with E-state index in [1.807, 2.05) is 30.3 Å². The predicted molar refractivity (Wildman–Crippen MR) is 105 cm³/mol. The maximum Gasteiger partial charge on any atom is 0.265 e. The molecular formula is C20H25N5O2. The van der Waals surface area contributed by atoms with Gasteiger partial charge in [-0.3, -0.25) is 4.79 Å². The third-order valence-corrected chi connectivity index (χ3v) is 5.01. The lowest BCUT2D eigenvalue weighted by Crippen LogP contribution is -2.39. The van der Waals surface area contributed by atoms with Crippen LogP contribution in [0.15, 0.2) is 36.7 Å². The monoisotopic (exact) mass is 367 g/mol. The number of fused-ring (bicyclic) bond motifs is 1. The lowest BCUT2D eigenvalue weighted by molar-refractivity contribution is -0.121. The summed E-state index contributed by atoms with van der Waals surface area (Å²) in [6, 6.07) is 9.68. The largest absolute Gasteiger partial charge is 0.482 e. The summed E-state index contributed by atoms with van der Waals surface area (Å²) in [6.45, 7) is 3.62. The average molecular weight is 367 g/mol. The van der Waals surface area contributed by atoms with E-state index in [-0.39, 0.29) is 12.5 Å². The summed E-state index contributed by atoms with van der Waals surface area (Å²) in [7, 11) is 0. The zero-order valence-corrected chi connectivity index (χ0v) is 15.4. The van der Waals surface area contributed by atoms with Gasteiger partial charge in [0.15, 0.2) is 6.61 Å². The van der Waals surface area contributed by atoms with Gasteiger partial charge in [-0.1, -0.05) is 12.1 Å². The fourth-order valence-corrected chi connectivity index (χ4v) is 3.59. The number of hydrogen-bond donors (Lipinski definition) is 1. The number of carbonyl (C=O) groups excluding carboxylic acids is 1. The Balaban J connectivity index is 1.31. The van der Waals surface area contributed by atoms with Crippen LogP contribution in [0, 0.1) is 0 Å². The van der Waals surface area contributed by atoms with E-state index in [0.717, 1.165) is 49.1 Å². The van der Waals surface area contributed by atoms with Gasteiger partial charge in [-0.25, -0.2) is 9.97 Å². The zero-order valence-electron chi connectivity index (χ0n) is 15.4. The SMILES string of the molecule is O=C1COc2ccccc2N1CCCNc1cc(N2CCCCC2)ncn1. The maximum atomic E-state index is 12.2. The number of nitrogens with one attached hydrogen (secondary N) is 1. The van der Waals surface area contributed by atoms with Crippen molar-refractivity contribution in [3.63, 3.8) is 0 Å². The third-order valence-electron chi connectivity index (χ3n) is 5.01. The molecule has 7 nitrogen and oxygen atoms in total. The molecule has 0 spiro atoms. The highest BCUT2D eigenvalue weighted by atomic mass is 16.5. The zero-order chi connectivity index (χ0) is 18.5. The van der Waals surface area contributed by atoms with E-state index in [9.17, 15) is 4.79 Å². The molecule has 1 N–H and O–H groups in total. The van der Waals surface area contributed by atoms with Crippen LogP contribution in [-0.4, -0.2) is 48.7 Å². The van der Waals surface area contributed by atoms with E-state index in [0.29, 0.717) is 6.54 Å². The van der Waals surface area contributed by atoms with Crippen LogP contribution in [0.2, 0.25) is 0 Å². The Kier molecular flexibility index (Phi) is 5.37. The lowest BCUT2D eigenvalue weighted by Gasteiger charge is -2.29. The van der Waals surface area contributed by atoms with Crippen LogP contribution in [-0.2, 0) is 4.79 Å². The van der Waals surface area contributed by atoms with Crippen LogP contribution in [0.3, 0.4) is 0 Å². The van der Waals surface area contributed by atoms with Crippen LogP contribution >= 0.6 is 0 Å². The third kappa shape index (κ3) is 4.13. The van der Waals surface area contributed by atoms with Crippen LogP contribution in [0.25, 0.3) is 0 Å². The molecule has 1 amide bonds. The molecule has 2 aliphatic rings. The molecule has 1 fully saturated rings. The average Bonchev–Trinajstić information content (AvgIpc) is 2.73. The fourth-order valence-electron chi connectivity index (χ4n) is 3.59. The molecule has 0 saturated carbocycles. The molecule has 0 atom stereocenters. The molecule has 2 aromatic rings. The Labute approximate surface area is 159 Å². The molecule has 1 aromatic carbocycles. The van der Waals surface area contributed by atoms with Crippen molar-refractivity contribution in [2.24, 2.45) is 0 Å². The van der Waals surface area contributed by atoms with E-state index in [1.54, 1.807) is 11.2 Å². The summed E-state index contributed by atoms with van der Waals surface area (Å²) < 4.78 is 5.48. The molecular weight excluding hydrogens is 342 g/mol. The Hall–Kier alpha value is -2.83. The molecule has 4 rings (SSSR count). The van der Waals surface area contributed by atoms with Gasteiger partial charge in [-0.05, 0) is 37.8 Å². The highest BCUT2D eigenvalue weighted by Gasteiger charge is 2.24. The van der Waals surface area contributed by atoms with E-state index in [4.69, 9.17) is 4.74 Å². The molecule has 3 heterocycles. The van der Waals surface area contributed by atoms with Crippen molar-refractivity contribution in [2.75, 3.05) is 47.9 Å². The second-order valence-electron chi connectivity index (χ2n) is 6.89. The van der Waals surface area contributed by atoms with Gasteiger partial charge in [0.05, 0.1) is 5.69 Å². The summed E-state index contributed by atoms with van der Waals surface area (Å²) in [6.07, 6.45) is 6.19. The number of carbonyl (C=O) groups is 1. The van der Waals surface area contributed by atoms with Gasteiger partial charge in [-0.2, -0.15) is 0 Å². The van der Waals surface area contributed by atoms with Gasteiger partial charge >= 0.3 is 0 Å². The van der Waals surface area contributed by atoms with Crippen molar-refractivity contribution in [2.45, 2.75) is 25.7 Å². The minimum atomic E-state index is 0.00289. The normalized spacial score (nSPS) is 16.7. The van der Waals surface area contributed by atoms with Crippen molar-refractivity contribution >= 4 is 23.2 Å². The van der Waals surface area contributed by atoms with Crippen LogP contribution in [0.5, 0.6) is 5.75 Å². The number of aromatic nitrogens is 2. The van der Waals surface area contributed by atoms with E-state index >= 15 is 0 Å². The summed E-state index contributed by atoms with van der Waals surface area (Å²) >= 11 is 0. The molecule has 0 unspecified atom stereocenters. The highest BCUT2D eigenvalue weighted by molar-refractivity contribution is 5.97. The topological polar surface area (TPSA) is 70.6 Å². The number of para-hydroxylation sites is 2. The molecule has 7 heteroatoms. The van der Waals surface area contributed by atoms with Crippen molar-refractivity contribution < 1.29 is 9.53 Å². The van der Waals surface area contributed by atoms with E-state index in [2.05, 4.69) is 20.2 Å². The summed E-state index contributed by atoms with van der Waals surface area (Å²) in [4.78, 5) is 25.0. The van der Waals surface area contributed by atoms with E-state index in [1.165, 1.54) is 19.3 Å². The number of benzene rings is 1. The molecule has 1 aromatic heterocycles. The lowest BCUT2D eigenvalue weighted by atomic mass is 10.1. The predicted octanol–water partition coefficient (Wildman–Crippen LogP) is 2.69. The molecule has 1 saturated heterocycles. The Bertz CT molecular complexity index is 791. The number of anilines is 3. The van der Waals surface area contributed by atoms with Gasteiger partial charge in [-0.15, -0.1) is 0 Å². The van der Waals surface area contributed by atoms with Gasteiger partial charge < -0.3 is 19.9 Å². The number of amides is 1. The first-order valence-electron chi connectivity index (χ1n) is 9.64. The molecule has 0 radical (unpaired) electrons. The smallest absolute Gasteiger partial charge is 0.265 e. The van der Waals surface area contributed by atoms with Crippen molar-refractivity contribution in [3.05, 3.63) is 36.7 Å². The number of rotatable bonds is 6. The van der Waals surface area contributed by atoms with Gasteiger partial charge in [0.25, 0.3) is 5.91 Å². The molecule has 0 aliphatic carbocycles. The van der Waals surface area contributed by atoms with Crippen molar-refractivity contribution in [3.8, 4) is 5.75 Å². The Morgan fingerprint density at radius 1 is 1.11 bits per heavy atom. The molecule has 27 heavy (non-hydrogen) atoms. The minimum absolute atomic E-state index is 0.00289. The summed E-state index contributed by atoms with van der Waals surface area (Å²) in [5.41, 5.74) is 0.850. The minimum Gasteiger partial charge on any atom is -0.482 e. The number of piperidine rings is 1. The Morgan fingerprint density at radius 2 is 1.96 bits per heavy atom. The first-order valence-corrected chi connectivity index (χ1v) is 9.64. The van der Waals surface area contributed by atoms with Crippen molar-refractivity contribution in [1.82, 2.24) is 9.97 Å². The number of hydrogen-bond acceptors (Lipinski definition) is 6. The van der Waals surface area contributed by atoms with Crippen LogP contribution < -0.4 is 19.9 Å². The summed E-state index contributed by atoms with van der Waals surface area (Å²) in [5.74, 6) is 2.60. The van der Waals surface area contributed by atoms with Gasteiger partial charge in [0.1, 0.15) is 23.7 Å². The van der Waals surface area contributed by atoms with Crippen molar-refractivity contribution in [1.29, 1.82) is 0 Å². The van der Waals surface area contributed by atoms with Gasteiger partial charge in [0, 0.05) is 32.2 Å². The van der Waals surface area contributed by atoms with Crippen LogP contribution in [0.4, 0.5) is 17.3 Å². The number of ether oxygens (including phenoxy) is 1.